The van der Waals surface area contributed by atoms with Crippen LogP contribution in [0.3, 0.4) is 0 Å². The number of hydrogen-bond acceptors (Lipinski definition) is 2. The predicted octanol–water partition coefficient (Wildman–Crippen LogP) is -0.0123. The van der Waals surface area contributed by atoms with E-state index in [0.717, 1.165) is 19.5 Å². The Morgan fingerprint density at radius 1 is 1.70 bits per heavy atom. The number of halogens is 1. The van der Waals surface area contributed by atoms with Crippen molar-refractivity contribution in [2.24, 2.45) is 5.73 Å². The second-order valence-electron chi connectivity index (χ2n) is 2.51. The van der Waals surface area contributed by atoms with Crippen LogP contribution >= 0.6 is 12.4 Å². The van der Waals surface area contributed by atoms with Crippen LogP contribution in [0.15, 0.2) is 0 Å². The predicted molar refractivity (Wildman–Crippen MR) is 42.1 cm³/mol. The maximum atomic E-state index is 10.7. The summed E-state index contributed by atoms with van der Waals surface area (Å²) in [6.45, 7) is 3.17. The van der Waals surface area contributed by atoms with Gasteiger partial charge in [0.25, 0.3) is 0 Å². The van der Waals surface area contributed by atoms with E-state index in [9.17, 15) is 4.79 Å². The van der Waals surface area contributed by atoms with Gasteiger partial charge in [0.15, 0.2) is 0 Å². The van der Waals surface area contributed by atoms with Crippen LogP contribution in [0.5, 0.6) is 0 Å². The van der Waals surface area contributed by atoms with Gasteiger partial charge in [0, 0.05) is 26.1 Å². The third kappa shape index (κ3) is 2.15. The molecule has 0 radical (unpaired) electrons. The topological polar surface area (TPSA) is 46.3 Å². The summed E-state index contributed by atoms with van der Waals surface area (Å²) < 4.78 is 0. The fourth-order valence-corrected chi connectivity index (χ4v) is 1.07. The Morgan fingerprint density at radius 2 is 2.30 bits per heavy atom. The zero-order valence-electron chi connectivity index (χ0n) is 6.04. The smallest absolute Gasteiger partial charge is 0.219 e. The average molecular weight is 165 g/mol. The molecule has 4 heteroatoms. The van der Waals surface area contributed by atoms with Crippen molar-refractivity contribution in [1.82, 2.24) is 4.90 Å². The third-order valence-electron chi connectivity index (χ3n) is 1.67. The van der Waals surface area contributed by atoms with Crippen molar-refractivity contribution in [3.63, 3.8) is 0 Å². The van der Waals surface area contributed by atoms with Crippen molar-refractivity contribution in [1.29, 1.82) is 0 Å². The zero-order chi connectivity index (χ0) is 6.85. The summed E-state index contributed by atoms with van der Waals surface area (Å²) in [5.41, 5.74) is 5.57. The molecule has 0 aliphatic carbocycles. The van der Waals surface area contributed by atoms with Crippen molar-refractivity contribution in [2.75, 3.05) is 13.1 Å². The number of carbonyl (C=O) groups excluding carboxylic acids is 1. The molecular weight excluding hydrogens is 152 g/mol. The molecule has 1 aliphatic heterocycles. The number of nitrogens with two attached hydrogens (primary N) is 1. The lowest BCUT2D eigenvalue weighted by Crippen LogP contribution is -2.29. The van der Waals surface area contributed by atoms with Gasteiger partial charge in [-0.1, -0.05) is 0 Å². The van der Waals surface area contributed by atoms with Crippen molar-refractivity contribution < 1.29 is 4.79 Å². The van der Waals surface area contributed by atoms with Gasteiger partial charge >= 0.3 is 0 Å². The summed E-state index contributed by atoms with van der Waals surface area (Å²) in [5.74, 6) is 0.142. The van der Waals surface area contributed by atoms with Crippen LogP contribution in [0.1, 0.15) is 13.3 Å². The summed E-state index contributed by atoms with van der Waals surface area (Å²) in [5, 5.41) is 0. The van der Waals surface area contributed by atoms with E-state index < -0.39 is 0 Å². The largest absolute Gasteiger partial charge is 0.341 e. The SMILES string of the molecule is CC(=O)N1CCC(N)C1.Cl. The maximum Gasteiger partial charge on any atom is 0.219 e. The Kier molecular flexibility index (Phi) is 3.68. The van der Waals surface area contributed by atoms with Gasteiger partial charge in [-0.25, -0.2) is 0 Å². The normalized spacial score (nSPS) is 24.2. The van der Waals surface area contributed by atoms with E-state index in [2.05, 4.69) is 0 Å². The molecule has 1 heterocycles. The molecule has 0 aromatic heterocycles. The van der Waals surface area contributed by atoms with Crippen molar-refractivity contribution in [3.8, 4) is 0 Å². The number of amides is 1. The summed E-state index contributed by atoms with van der Waals surface area (Å²) in [6.07, 6.45) is 0.958. The van der Waals surface area contributed by atoms with Crippen molar-refractivity contribution in [3.05, 3.63) is 0 Å². The van der Waals surface area contributed by atoms with Gasteiger partial charge in [-0.15, -0.1) is 12.4 Å². The number of rotatable bonds is 0. The van der Waals surface area contributed by atoms with Gasteiger partial charge in [-0.3, -0.25) is 4.79 Å². The lowest BCUT2D eigenvalue weighted by Gasteiger charge is -2.11. The molecule has 0 saturated carbocycles. The summed E-state index contributed by atoms with van der Waals surface area (Å²) in [4.78, 5) is 12.4. The third-order valence-corrected chi connectivity index (χ3v) is 1.67. The number of likely N-dealkylation sites (tertiary alicyclic amines) is 1. The first-order chi connectivity index (χ1) is 4.20. The van der Waals surface area contributed by atoms with Crippen LogP contribution in [0.2, 0.25) is 0 Å². The number of hydrogen-bond donors (Lipinski definition) is 1. The molecule has 1 aliphatic rings. The Hall–Kier alpha value is -0.280. The Morgan fingerprint density at radius 3 is 2.50 bits per heavy atom. The molecule has 1 amide bonds. The maximum absolute atomic E-state index is 10.7. The number of carbonyl (C=O) groups is 1. The van der Waals surface area contributed by atoms with Gasteiger partial charge < -0.3 is 10.6 Å². The Balaban J connectivity index is 0.000000810. The molecule has 3 nitrogen and oxygen atoms in total. The summed E-state index contributed by atoms with van der Waals surface area (Å²) in [7, 11) is 0. The monoisotopic (exact) mass is 164 g/mol. The fraction of sp³-hybridized carbons (Fsp3) is 0.833. The molecule has 1 atom stereocenters. The highest BCUT2D eigenvalue weighted by molar-refractivity contribution is 5.85. The molecule has 0 spiro atoms. The minimum Gasteiger partial charge on any atom is -0.341 e. The molecule has 0 aromatic rings. The first kappa shape index (κ1) is 9.72. The van der Waals surface area contributed by atoms with Gasteiger partial charge in [0.05, 0.1) is 0 Å². The van der Waals surface area contributed by atoms with Gasteiger partial charge in [-0.2, -0.15) is 0 Å². The quantitative estimate of drug-likeness (QED) is 0.548. The standard InChI is InChI=1S/C6H12N2O.ClH/c1-5(9)8-3-2-6(7)4-8;/h6H,2-4,7H2,1H3;1H. The van der Waals surface area contributed by atoms with Crippen molar-refractivity contribution >= 4 is 18.3 Å². The van der Waals surface area contributed by atoms with E-state index in [1.807, 2.05) is 0 Å². The van der Waals surface area contributed by atoms with Crippen LogP contribution < -0.4 is 5.73 Å². The van der Waals surface area contributed by atoms with Gasteiger partial charge in [-0.05, 0) is 6.42 Å². The second-order valence-corrected chi connectivity index (χ2v) is 2.51. The minimum absolute atomic E-state index is 0. The Labute approximate surface area is 67.0 Å². The lowest BCUT2D eigenvalue weighted by atomic mass is 10.3. The molecule has 10 heavy (non-hydrogen) atoms. The molecule has 1 fully saturated rings. The summed E-state index contributed by atoms with van der Waals surface area (Å²) >= 11 is 0. The molecule has 1 rings (SSSR count). The van der Waals surface area contributed by atoms with E-state index in [0.29, 0.717) is 0 Å². The van der Waals surface area contributed by atoms with E-state index in [-0.39, 0.29) is 24.4 Å². The van der Waals surface area contributed by atoms with E-state index in [1.165, 1.54) is 0 Å². The van der Waals surface area contributed by atoms with Crippen molar-refractivity contribution in [2.45, 2.75) is 19.4 Å². The zero-order valence-corrected chi connectivity index (χ0v) is 6.86. The lowest BCUT2D eigenvalue weighted by molar-refractivity contribution is -0.127. The molecule has 0 bridgehead atoms. The average Bonchev–Trinajstić information content (AvgIpc) is 2.14. The van der Waals surface area contributed by atoms with Crippen LogP contribution in [0, 0.1) is 0 Å². The molecule has 0 aromatic carbocycles. The molecule has 60 valence electrons. The van der Waals surface area contributed by atoms with Crippen LogP contribution in [0.25, 0.3) is 0 Å². The highest BCUT2D eigenvalue weighted by Crippen LogP contribution is 2.05. The first-order valence-electron chi connectivity index (χ1n) is 3.21. The molecule has 1 saturated heterocycles. The molecule has 2 N–H and O–H groups in total. The van der Waals surface area contributed by atoms with Gasteiger partial charge in [0.2, 0.25) is 5.91 Å². The molecule has 1 unspecified atom stereocenters. The molecular formula is C6H13ClN2O. The summed E-state index contributed by atoms with van der Waals surface area (Å²) in [6, 6.07) is 0.217. The van der Waals surface area contributed by atoms with E-state index in [1.54, 1.807) is 11.8 Å². The van der Waals surface area contributed by atoms with Gasteiger partial charge in [0.1, 0.15) is 0 Å². The fourth-order valence-electron chi connectivity index (χ4n) is 1.07. The highest BCUT2D eigenvalue weighted by atomic mass is 35.5. The van der Waals surface area contributed by atoms with Crippen LogP contribution in [-0.4, -0.2) is 29.9 Å². The Bertz CT molecular complexity index is 129. The van der Waals surface area contributed by atoms with Crippen LogP contribution in [0.4, 0.5) is 0 Å². The highest BCUT2D eigenvalue weighted by Gasteiger charge is 2.20. The van der Waals surface area contributed by atoms with Crippen LogP contribution in [-0.2, 0) is 4.79 Å². The number of nitrogens with zero attached hydrogens (tertiary/aromatic N) is 1. The van der Waals surface area contributed by atoms with E-state index >= 15 is 0 Å². The van der Waals surface area contributed by atoms with E-state index in [4.69, 9.17) is 5.73 Å². The first-order valence-corrected chi connectivity index (χ1v) is 3.21. The second kappa shape index (κ2) is 3.78. The minimum atomic E-state index is 0.